The van der Waals surface area contributed by atoms with E-state index in [9.17, 15) is 18.0 Å². The first-order valence-corrected chi connectivity index (χ1v) is 5.69. The smallest absolute Gasteiger partial charge is 0.390 e. The van der Waals surface area contributed by atoms with Crippen LogP contribution in [-0.4, -0.2) is 30.3 Å². The molecule has 0 aliphatic heterocycles. The Labute approximate surface area is 108 Å². The van der Waals surface area contributed by atoms with Gasteiger partial charge in [-0.3, -0.25) is 0 Å². The minimum atomic E-state index is -4.23. The molecule has 0 radical (unpaired) electrons. The van der Waals surface area contributed by atoms with E-state index in [1.54, 1.807) is 6.92 Å². The van der Waals surface area contributed by atoms with E-state index in [0.29, 0.717) is 12.2 Å². The van der Waals surface area contributed by atoms with Gasteiger partial charge in [-0.1, -0.05) is 0 Å². The summed E-state index contributed by atoms with van der Waals surface area (Å²) in [7, 11) is 0. The fourth-order valence-corrected chi connectivity index (χ4v) is 1.69. The van der Waals surface area contributed by atoms with Gasteiger partial charge in [0.05, 0.1) is 23.4 Å². The third kappa shape index (κ3) is 4.35. The molecule has 0 amide bonds. The molecule has 0 spiro atoms. The van der Waals surface area contributed by atoms with Gasteiger partial charge in [0, 0.05) is 13.1 Å². The minimum Gasteiger partial charge on any atom is -0.478 e. The number of nitrogens with zero attached hydrogens (tertiary/aromatic N) is 1. The van der Waals surface area contributed by atoms with Gasteiger partial charge in [0.25, 0.3) is 0 Å². The zero-order valence-electron chi connectivity index (χ0n) is 10.4. The van der Waals surface area contributed by atoms with Crippen LogP contribution in [0.1, 0.15) is 23.7 Å². The molecule has 0 fully saturated rings. The second-order valence-corrected chi connectivity index (χ2v) is 4.02. The predicted octanol–water partition coefficient (Wildman–Crippen LogP) is 2.75. The molecule has 0 aliphatic rings. The Kier molecular flexibility index (Phi) is 4.63. The summed E-state index contributed by atoms with van der Waals surface area (Å²) in [4.78, 5) is 12.2. The Morgan fingerprint density at radius 1 is 1.42 bits per heavy atom. The second kappa shape index (κ2) is 5.81. The van der Waals surface area contributed by atoms with Gasteiger partial charge in [0.15, 0.2) is 0 Å². The zero-order chi connectivity index (χ0) is 14.6. The van der Waals surface area contributed by atoms with Gasteiger partial charge in [-0.15, -0.1) is 0 Å². The van der Waals surface area contributed by atoms with Crippen molar-refractivity contribution in [3.8, 4) is 0 Å². The highest BCUT2D eigenvalue weighted by atomic mass is 19.4. The van der Waals surface area contributed by atoms with E-state index in [1.165, 1.54) is 23.1 Å². The highest BCUT2D eigenvalue weighted by Gasteiger charge is 2.28. The molecule has 0 saturated heterocycles. The van der Waals surface area contributed by atoms with E-state index in [2.05, 4.69) is 0 Å². The molecule has 0 aliphatic carbocycles. The average Bonchev–Trinajstić information content (AvgIpc) is 2.29. The monoisotopic (exact) mass is 276 g/mol. The maximum atomic E-state index is 12.2. The number of carboxylic acids is 1. The number of halogens is 3. The van der Waals surface area contributed by atoms with Crippen molar-refractivity contribution in [2.75, 3.05) is 23.7 Å². The van der Waals surface area contributed by atoms with Crippen molar-refractivity contribution in [2.45, 2.75) is 19.5 Å². The molecule has 1 rings (SSSR count). The standard InChI is InChI=1S/C12H15F3N2O2/c1-2-17(6-5-12(13,14)15)10-4-3-8(11(18)19)7-9(10)16/h3-4,7H,2,5-6,16H2,1H3,(H,18,19). The van der Waals surface area contributed by atoms with Crippen LogP contribution in [0.3, 0.4) is 0 Å². The number of aromatic carboxylic acids is 1. The van der Waals surface area contributed by atoms with Gasteiger partial charge in [-0.05, 0) is 25.1 Å². The van der Waals surface area contributed by atoms with E-state index >= 15 is 0 Å². The highest BCUT2D eigenvalue weighted by molar-refractivity contribution is 5.90. The van der Waals surface area contributed by atoms with E-state index in [-0.39, 0.29) is 17.8 Å². The van der Waals surface area contributed by atoms with E-state index in [0.717, 1.165) is 0 Å². The molecule has 0 heterocycles. The number of benzene rings is 1. The minimum absolute atomic E-state index is 0.00752. The Hall–Kier alpha value is -1.92. The summed E-state index contributed by atoms with van der Waals surface area (Å²) in [6.07, 6.45) is -5.18. The van der Waals surface area contributed by atoms with Crippen LogP contribution >= 0.6 is 0 Å². The molecule has 106 valence electrons. The summed E-state index contributed by atoms with van der Waals surface area (Å²) in [5.41, 5.74) is 6.27. The number of hydrogen-bond donors (Lipinski definition) is 2. The van der Waals surface area contributed by atoms with Crippen LogP contribution in [0.4, 0.5) is 24.5 Å². The topological polar surface area (TPSA) is 66.6 Å². The number of carbonyl (C=O) groups is 1. The maximum Gasteiger partial charge on any atom is 0.390 e. The molecule has 0 unspecified atom stereocenters. The molecule has 4 nitrogen and oxygen atoms in total. The Morgan fingerprint density at radius 2 is 2.05 bits per heavy atom. The van der Waals surface area contributed by atoms with Crippen LogP contribution in [0, 0.1) is 0 Å². The van der Waals surface area contributed by atoms with Gasteiger partial charge >= 0.3 is 12.1 Å². The van der Waals surface area contributed by atoms with Gasteiger partial charge in [-0.2, -0.15) is 13.2 Å². The van der Waals surface area contributed by atoms with Crippen molar-refractivity contribution >= 4 is 17.3 Å². The lowest BCUT2D eigenvalue weighted by molar-refractivity contribution is -0.132. The molecule has 0 atom stereocenters. The summed E-state index contributed by atoms with van der Waals surface area (Å²) >= 11 is 0. The number of rotatable bonds is 5. The molecule has 19 heavy (non-hydrogen) atoms. The lowest BCUT2D eigenvalue weighted by atomic mass is 10.1. The molecule has 1 aromatic carbocycles. The molecule has 7 heteroatoms. The van der Waals surface area contributed by atoms with Gasteiger partial charge in [0.1, 0.15) is 0 Å². The number of carboxylic acid groups (broad SMARTS) is 1. The summed E-state index contributed by atoms with van der Waals surface area (Å²) in [6, 6.07) is 4.00. The van der Waals surface area contributed by atoms with Crippen LogP contribution in [0.25, 0.3) is 0 Å². The van der Waals surface area contributed by atoms with Gasteiger partial charge < -0.3 is 15.7 Å². The van der Waals surface area contributed by atoms with Crippen LogP contribution in [0.15, 0.2) is 18.2 Å². The van der Waals surface area contributed by atoms with Crippen molar-refractivity contribution in [1.29, 1.82) is 0 Å². The first kappa shape index (κ1) is 15.1. The van der Waals surface area contributed by atoms with Gasteiger partial charge in [0.2, 0.25) is 0 Å². The molecule has 0 saturated carbocycles. The first-order valence-electron chi connectivity index (χ1n) is 5.69. The highest BCUT2D eigenvalue weighted by Crippen LogP contribution is 2.27. The van der Waals surface area contributed by atoms with Crippen molar-refractivity contribution in [3.05, 3.63) is 23.8 Å². The third-order valence-corrected chi connectivity index (χ3v) is 2.66. The predicted molar refractivity (Wildman–Crippen MR) is 66.4 cm³/mol. The van der Waals surface area contributed by atoms with E-state index < -0.39 is 18.6 Å². The quantitative estimate of drug-likeness (QED) is 0.811. The molecule has 0 aromatic heterocycles. The maximum absolute atomic E-state index is 12.2. The largest absolute Gasteiger partial charge is 0.478 e. The van der Waals surface area contributed by atoms with Crippen LogP contribution in [0.5, 0.6) is 0 Å². The summed E-state index contributed by atoms with van der Waals surface area (Å²) in [5.74, 6) is -1.13. The van der Waals surface area contributed by atoms with Crippen molar-refractivity contribution in [2.24, 2.45) is 0 Å². The third-order valence-electron chi connectivity index (χ3n) is 2.66. The number of hydrogen-bond acceptors (Lipinski definition) is 3. The Morgan fingerprint density at radius 3 is 2.47 bits per heavy atom. The van der Waals surface area contributed by atoms with Crippen molar-refractivity contribution < 1.29 is 23.1 Å². The Balaban J connectivity index is 2.90. The lowest BCUT2D eigenvalue weighted by Crippen LogP contribution is -2.28. The summed E-state index contributed by atoms with van der Waals surface area (Å²) in [5, 5.41) is 8.79. The number of nitrogen functional groups attached to an aromatic ring is 1. The SMILES string of the molecule is CCN(CCC(F)(F)F)c1ccc(C(=O)O)cc1N. The molecular weight excluding hydrogens is 261 g/mol. The lowest BCUT2D eigenvalue weighted by Gasteiger charge is -2.25. The number of anilines is 2. The van der Waals surface area contributed by atoms with E-state index in [4.69, 9.17) is 10.8 Å². The normalized spacial score (nSPS) is 11.4. The summed E-state index contributed by atoms with van der Waals surface area (Å²) in [6.45, 7) is 1.85. The molecule has 1 aromatic rings. The van der Waals surface area contributed by atoms with Crippen molar-refractivity contribution in [1.82, 2.24) is 0 Å². The molecular formula is C12H15F3N2O2. The number of alkyl halides is 3. The van der Waals surface area contributed by atoms with Crippen molar-refractivity contribution in [3.63, 3.8) is 0 Å². The van der Waals surface area contributed by atoms with E-state index in [1.807, 2.05) is 0 Å². The average molecular weight is 276 g/mol. The molecule has 3 N–H and O–H groups in total. The van der Waals surface area contributed by atoms with Gasteiger partial charge in [-0.25, -0.2) is 4.79 Å². The fourth-order valence-electron chi connectivity index (χ4n) is 1.69. The van der Waals surface area contributed by atoms with Crippen LogP contribution in [0.2, 0.25) is 0 Å². The summed E-state index contributed by atoms with van der Waals surface area (Å²) < 4.78 is 36.6. The van der Waals surface area contributed by atoms with Crippen LogP contribution in [-0.2, 0) is 0 Å². The first-order chi connectivity index (χ1) is 8.74. The zero-order valence-corrected chi connectivity index (χ0v) is 10.4. The number of nitrogens with two attached hydrogens (primary N) is 1. The second-order valence-electron chi connectivity index (χ2n) is 4.02. The van der Waals surface area contributed by atoms with Crippen LogP contribution < -0.4 is 10.6 Å². The Bertz CT molecular complexity index is 461. The fraction of sp³-hybridized carbons (Fsp3) is 0.417. The molecule has 0 bridgehead atoms.